The van der Waals surface area contributed by atoms with Crippen LogP contribution in [0.25, 0.3) is 0 Å². The van der Waals surface area contributed by atoms with Crippen molar-refractivity contribution in [3.8, 4) is 0 Å². The molecule has 0 fully saturated rings. The molecule has 0 saturated heterocycles. The third kappa shape index (κ3) is 3.34. The molecule has 0 aliphatic carbocycles. The van der Waals surface area contributed by atoms with E-state index in [-0.39, 0.29) is 0 Å². The molecule has 0 atom stereocenters. The second-order valence-corrected chi connectivity index (χ2v) is 4.78. The molecule has 78 valence electrons. The molecule has 2 aromatic rings. The van der Waals surface area contributed by atoms with E-state index in [9.17, 15) is 0 Å². The molecule has 0 unspecified atom stereocenters. The van der Waals surface area contributed by atoms with Crippen molar-refractivity contribution in [2.45, 2.75) is 13.1 Å². The number of halogens is 1. The predicted octanol–water partition coefficient (Wildman–Crippen LogP) is 3.69. The summed E-state index contributed by atoms with van der Waals surface area (Å²) < 4.78 is 0. The van der Waals surface area contributed by atoms with Gasteiger partial charge in [0.05, 0.1) is 0 Å². The third-order valence-electron chi connectivity index (χ3n) is 2.10. The summed E-state index contributed by atoms with van der Waals surface area (Å²) in [5.74, 6) is 0. The fourth-order valence-electron chi connectivity index (χ4n) is 1.39. The minimum Gasteiger partial charge on any atom is -0.308 e. The normalized spacial score (nSPS) is 10.5. The van der Waals surface area contributed by atoms with Crippen LogP contribution < -0.4 is 5.32 Å². The molecule has 15 heavy (non-hydrogen) atoms. The van der Waals surface area contributed by atoms with Crippen LogP contribution in [0, 0.1) is 0 Å². The van der Waals surface area contributed by atoms with Crippen LogP contribution in [0.2, 0.25) is 5.02 Å². The quantitative estimate of drug-likeness (QED) is 0.855. The van der Waals surface area contributed by atoms with E-state index < -0.39 is 0 Å². The van der Waals surface area contributed by atoms with Gasteiger partial charge < -0.3 is 5.32 Å². The van der Waals surface area contributed by atoms with Crippen molar-refractivity contribution >= 4 is 22.9 Å². The molecule has 3 heteroatoms. The van der Waals surface area contributed by atoms with E-state index in [1.807, 2.05) is 18.2 Å². The molecular weight excluding hydrogens is 226 g/mol. The van der Waals surface area contributed by atoms with Gasteiger partial charge in [-0.15, -0.1) is 11.3 Å². The van der Waals surface area contributed by atoms with Crippen LogP contribution in [0.4, 0.5) is 0 Å². The van der Waals surface area contributed by atoms with Gasteiger partial charge in [0, 0.05) is 23.0 Å². The molecule has 0 radical (unpaired) electrons. The Hall–Kier alpha value is -0.830. The molecule has 1 aromatic heterocycles. The van der Waals surface area contributed by atoms with Crippen LogP contribution in [0.5, 0.6) is 0 Å². The second-order valence-electron chi connectivity index (χ2n) is 3.31. The van der Waals surface area contributed by atoms with Gasteiger partial charge >= 0.3 is 0 Å². The summed E-state index contributed by atoms with van der Waals surface area (Å²) in [4.78, 5) is 1.36. The molecule has 0 saturated carbocycles. The predicted molar refractivity (Wildman–Crippen MR) is 66.3 cm³/mol. The van der Waals surface area contributed by atoms with Gasteiger partial charge in [-0.1, -0.05) is 29.8 Å². The van der Waals surface area contributed by atoms with Gasteiger partial charge in [-0.2, -0.15) is 0 Å². The average molecular weight is 238 g/mol. The van der Waals surface area contributed by atoms with Gasteiger partial charge in [0.15, 0.2) is 0 Å². The summed E-state index contributed by atoms with van der Waals surface area (Å²) in [6.07, 6.45) is 0. The van der Waals surface area contributed by atoms with Crippen LogP contribution in [-0.2, 0) is 13.1 Å². The summed E-state index contributed by atoms with van der Waals surface area (Å²) in [7, 11) is 0. The lowest BCUT2D eigenvalue weighted by molar-refractivity contribution is 0.701. The van der Waals surface area contributed by atoms with Crippen molar-refractivity contribution in [3.63, 3.8) is 0 Å². The van der Waals surface area contributed by atoms with E-state index in [0.717, 1.165) is 18.1 Å². The average Bonchev–Trinajstić information content (AvgIpc) is 2.71. The molecule has 0 bridgehead atoms. The standard InChI is InChI=1S/C12H12ClNS/c13-11-4-1-3-10(7-11)8-14-9-12-5-2-6-15-12/h1-7,14H,8-9H2. The van der Waals surface area contributed by atoms with Gasteiger partial charge in [-0.25, -0.2) is 0 Å². The zero-order valence-electron chi connectivity index (χ0n) is 8.24. The van der Waals surface area contributed by atoms with Gasteiger partial charge in [-0.3, -0.25) is 0 Å². The Morgan fingerprint density at radius 1 is 1.13 bits per heavy atom. The molecule has 0 aliphatic rings. The van der Waals surface area contributed by atoms with E-state index in [0.29, 0.717) is 0 Å². The molecule has 1 aromatic carbocycles. The Balaban J connectivity index is 1.83. The third-order valence-corrected chi connectivity index (χ3v) is 3.21. The molecule has 1 heterocycles. The van der Waals surface area contributed by atoms with Crippen molar-refractivity contribution in [3.05, 3.63) is 57.2 Å². The fourth-order valence-corrected chi connectivity index (χ4v) is 2.28. The number of rotatable bonds is 4. The van der Waals surface area contributed by atoms with E-state index in [4.69, 9.17) is 11.6 Å². The van der Waals surface area contributed by atoms with E-state index in [1.165, 1.54) is 10.4 Å². The number of hydrogen-bond donors (Lipinski definition) is 1. The highest BCUT2D eigenvalue weighted by Gasteiger charge is 1.95. The lowest BCUT2D eigenvalue weighted by atomic mass is 10.2. The zero-order valence-corrected chi connectivity index (χ0v) is 9.81. The number of nitrogens with one attached hydrogen (secondary N) is 1. The van der Waals surface area contributed by atoms with Crippen LogP contribution >= 0.6 is 22.9 Å². The van der Waals surface area contributed by atoms with Crippen molar-refractivity contribution in [1.29, 1.82) is 0 Å². The zero-order chi connectivity index (χ0) is 10.5. The van der Waals surface area contributed by atoms with Gasteiger partial charge in [0.25, 0.3) is 0 Å². The Bertz CT molecular complexity index is 411. The summed E-state index contributed by atoms with van der Waals surface area (Å²) in [6, 6.07) is 12.1. The molecule has 2 rings (SSSR count). The maximum atomic E-state index is 5.90. The van der Waals surface area contributed by atoms with Crippen LogP contribution in [0.1, 0.15) is 10.4 Å². The highest BCUT2D eigenvalue weighted by molar-refractivity contribution is 7.09. The molecular formula is C12H12ClNS. The summed E-state index contributed by atoms with van der Waals surface area (Å²) >= 11 is 7.67. The summed E-state index contributed by atoms with van der Waals surface area (Å²) in [6.45, 7) is 1.78. The van der Waals surface area contributed by atoms with E-state index in [1.54, 1.807) is 11.3 Å². The first kappa shape index (κ1) is 10.7. The maximum absolute atomic E-state index is 5.90. The van der Waals surface area contributed by atoms with Crippen LogP contribution in [0.15, 0.2) is 41.8 Å². The molecule has 1 nitrogen and oxygen atoms in total. The Morgan fingerprint density at radius 3 is 2.80 bits per heavy atom. The Labute approximate surface area is 98.7 Å². The van der Waals surface area contributed by atoms with E-state index in [2.05, 4.69) is 28.9 Å². The minimum absolute atomic E-state index is 0.797. The monoisotopic (exact) mass is 237 g/mol. The van der Waals surface area contributed by atoms with Crippen LogP contribution in [-0.4, -0.2) is 0 Å². The maximum Gasteiger partial charge on any atom is 0.0409 e. The van der Waals surface area contributed by atoms with Crippen molar-refractivity contribution in [2.24, 2.45) is 0 Å². The first-order valence-corrected chi connectivity index (χ1v) is 6.08. The van der Waals surface area contributed by atoms with Crippen LogP contribution in [0.3, 0.4) is 0 Å². The SMILES string of the molecule is Clc1cccc(CNCc2cccs2)c1. The van der Waals surface area contributed by atoms with Crippen molar-refractivity contribution < 1.29 is 0 Å². The van der Waals surface area contributed by atoms with Gasteiger partial charge in [-0.05, 0) is 29.1 Å². The Kier molecular flexibility index (Phi) is 3.78. The van der Waals surface area contributed by atoms with Crippen molar-refractivity contribution in [2.75, 3.05) is 0 Å². The largest absolute Gasteiger partial charge is 0.308 e. The highest BCUT2D eigenvalue weighted by Crippen LogP contribution is 2.11. The number of hydrogen-bond acceptors (Lipinski definition) is 2. The lowest BCUT2D eigenvalue weighted by Gasteiger charge is -2.03. The van der Waals surface area contributed by atoms with Gasteiger partial charge in [0.1, 0.15) is 0 Å². The first-order valence-electron chi connectivity index (χ1n) is 4.82. The fraction of sp³-hybridized carbons (Fsp3) is 0.167. The smallest absolute Gasteiger partial charge is 0.0409 e. The number of benzene rings is 1. The van der Waals surface area contributed by atoms with Gasteiger partial charge in [0.2, 0.25) is 0 Å². The first-order chi connectivity index (χ1) is 7.34. The number of thiophene rings is 1. The summed E-state index contributed by atoms with van der Waals surface area (Å²) in [5, 5.41) is 6.27. The summed E-state index contributed by atoms with van der Waals surface area (Å²) in [5.41, 5.74) is 1.22. The lowest BCUT2D eigenvalue weighted by Crippen LogP contribution is -2.11. The van der Waals surface area contributed by atoms with Crippen molar-refractivity contribution in [1.82, 2.24) is 5.32 Å². The Morgan fingerprint density at radius 2 is 2.07 bits per heavy atom. The molecule has 0 aliphatic heterocycles. The second kappa shape index (κ2) is 5.31. The van der Waals surface area contributed by atoms with E-state index >= 15 is 0 Å². The molecule has 0 spiro atoms. The minimum atomic E-state index is 0.797. The highest BCUT2D eigenvalue weighted by atomic mass is 35.5. The topological polar surface area (TPSA) is 12.0 Å². The molecule has 1 N–H and O–H groups in total. The molecule has 0 amide bonds.